The van der Waals surface area contributed by atoms with E-state index in [0.717, 1.165) is 24.1 Å². The van der Waals surface area contributed by atoms with E-state index in [2.05, 4.69) is 0 Å². The molecule has 1 N–H and O–H groups in total. The van der Waals surface area contributed by atoms with Crippen molar-refractivity contribution in [1.82, 2.24) is 0 Å². The van der Waals surface area contributed by atoms with Crippen LogP contribution < -0.4 is 4.90 Å². The molecule has 0 bridgehead atoms. The normalized spacial score (nSPS) is 16.1. The molecule has 22 heavy (non-hydrogen) atoms. The number of nitrogens with zero attached hydrogens (tertiary/aromatic N) is 1. The van der Waals surface area contributed by atoms with Crippen LogP contribution in [0.3, 0.4) is 0 Å². The lowest BCUT2D eigenvalue weighted by Gasteiger charge is -2.20. The number of aliphatic hydroxyl groups is 1. The zero-order valence-corrected chi connectivity index (χ0v) is 12.4. The van der Waals surface area contributed by atoms with Crippen LogP contribution in [-0.4, -0.2) is 18.1 Å². The zero-order valence-electron chi connectivity index (χ0n) is 12.4. The average molecular weight is 299 g/mol. The number of halogens is 1. The largest absolute Gasteiger partial charge is 0.384 e. The van der Waals surface area contributed by atoms with Gasteiger partial charge in [0, 0.05) is 24.7 Å². The summed E-state index contributed by atoms with van der Waals surface area (Å²) < 4.78 is 13.8. The molecule has 0 aromatic heterocycles. The van der Waals surface area contributed by atoms with Gasteiger partial charge in [-0.15, -0.1) is 0 Å². The van der Waals surface area contributed by atoms with Crippen molar-refractivity contribution in [3.05, 3.63) is 65.0 Å². The first-order chi connectivity index (χ1) is 10.6. The molecule has 0 saturated carbocycles. The van der Waals surface area contributed by atoms with Crippen LogP contribution in [0.1, 0.15) is 35.6 Å². The standard InChI is InChI=1S/C18H18FNO2/c1-20-16-10-9-13(11-12(16)5-4-8-17(20)21)18(22)14-6-2-3-7-15(14)19/h2-3,6-7,9-11,18,22H,4-5,8H2,1H3. The molecule has 0 saturated heterocycles. The molecule has 114 valence electrons. The number of anilines is 1. The highest BCUT2D eigenvalue weighted by Crippen LogP contribution is 2.31. The summed E-state index contributed by atoms with van der Waals surface area (Å²) in [4.78, 5) is 13.5. The van der Waals surface area contributed by atoms with Gasteiger partial charge < -0.3 is 10.0 Å². The second-order valence-electron chi connectivity index (χ2n) is 5.62. The van der Waals surface area contributed by atoms with E-state index >= 15 is 0 Å². The summed E-state index contributed by atoms with van der Waals surface area (Å²) in [5.41, 5.74) is 2.79. The lowest BCUT2D eigenvalue weighted by atomic mass is 9.97. The molecule has 3 rings (SSSR count). The van der Waals surface area contributed by atoms with Gasteiger partial charge >= 0.3 is 0 Å². The quantitative estimate of drug-likeness (QED) is 0.925. The Kier molecular flexibility index (Phi) is 3.94. The van der Waals surface area contributed by atoms with Crippen molar-refractivity contribution in [3.8, 4) is 0 Å². The van der Waals surface area contributed by atoms with Crippen LogP contribution in [0.25, 0.3) is 0 Å². The lowest BCUT2D eigenvalue weighted by Crippen LogP contribution is -2.25. The average Bonchev–Trinajstić information content (AvgIpc) is 2.66. The molecule has 2 aromatic carbocycles. The number of benzene rings is 2. The topological polar surface area (TPSA) is 40.5 Å². The van der Waals surface area contributed by atoms with E-state index in [1.54, 1.807) is 36.2 Å². The summed E-state index contributed by atoms with van der Waals surface area (Å²) in [6.07, 6.45) is 1.09. The Morgan fingerprint density at radius 3 is 2.73 bits per heavy atom. The molecule has 1 heterocycles. The number of fused-ring (bicyclic) bond motifs is 1. The smallest absolute Gasteiger partial charge is 0.226 e. The molecule has 2 aromatic rings. The third-order valence-electron chi connectivity index (χ3n) is 4.19. The number of carbonyl (C=O) groups is 1. The summed E-state index contributed by atoms with van der Waals surface area (Å²) in [5, 5.41) is 10.4. The van der Waals surface area contributed by atoms with Gasteiger partial charge in [-0.1, -0.05) is 30.3 Å². The molecule has 3 nitrogen and oxygen atoms in total. The van der Waals surface area contributed by atoms with Crippen molar-refractivity contribution in [2.24, 2.45) is 0 Å². The van der Waals surface area contributed by atoms with Gasteiger partial charge in [0.2, 0.25) is 5.91 Å². The van der Waals surface area contributed by atoms with Crippen LogP contribution in [0.4, 0.5) is 10.1 Å². The third-order valence-corrected chi connectivity index (χ3v) is 4.19. The van der Waals surface area contributed by atoms with Crippen LogP contribution in [0, 0.1) is 5.82 Å². The van der Waals surface area contributed by atoms with Gasteiger partial charge in [0.25, 0.3) is 0 Å². The van der Waals surface area contributed by atoms with Crippen LogP contribution >= 0.6 is 0 Å². The molecule has 1 aliphatic rings. The molecule has 0 spiro atoms. The lowest BCUT2D eigenvalue weighted by molar-refractivity contribution is -0.118. The zero-order chi connectivity index (χ0) is 15.7. The van der Waals surface area contributed by atoms with Crippen molar-refractivity contribution in [2.75, 3.05) is 11.9 Å². The fourth-order valence-corrected chi connectivity index (χ4v) is 2.91. The molecule has 1 aliphatic heterocycles. The van der Waals surface area contributed by atoms with Gasteiger partial charge in [0.15, 0.2) is 0 Å². The summed E-state index contributed by atoms with van der Waals surface area (Å²) in [7, 11) is 1.76. The predicted molar refractivity (Wildman–Crippen MR) is 83.3 cm³/mol. The summed E-state index contributed by atoms with van der Waals surface area (Å²) >= 11 is 0. The Morgan fingerprint density at radius 1 is 1.18 bits per heavy atom. The van der Waals surface area contributed by atoms with E-state index < -0.39 is 11.9 Å². The van der Waals surface area contributed by atoms with Crippen molar-refractivity contribution >= 4 is 11.6 Å². The Labute approximate surface area is 129 Å². The number of amides is 1. The number of hydrogen-bond donors (Lipinski definition) is 1. The molecular formula is C18H18FNO2. The van der Waals surface area contributed by atoms with Gasteiger partial charge in [-0.2, -0.15) is 0 Å². The Bertz CT molecular complexity index is 714. The van der Waals surface area contributed by atoms with Crippen LogP contribution in [0.5, 0.6) is 0 Å². The van der Waals surface area contributed by atoms with Gasteiger partial charge in [-0.25, -0.2) is 4.39 Å². The Morgan fingerprint density at radius 2 is 1.95 bits per heavy atom. The molecule has 4 heteroatoms. The van der Waals surface area contributed by atoms with E-state index in [9.17, 15) is 14.3 Å². The SMILES string of the molecule is CN1C(=O)CCCc2cc(C(O)c3ccccc3F)ccc21. The van der Waals surface area contributed by atoms with Gasteiger partial charge in [0.1, 0.15) is 11.9 Å². The third kappa shape index (κ3) is 2.62. The fraction of sp³-hybridized carbons (Fsp3) is 0.278. The van der Waals surface area contributed by atoms with E-state index in [4.69, 9.17) is 0 Å². The van der Waals surface area contributed by atoms with Crippen molar-refractivity contribution in [1.29, 1.82) is 0 Å². The molecular weight excluding hydrogens is 281 g/mol. The second-order valence-corrected chi connectivity index (χ2v) is 5.62. The molecule has 0 fully saturated rings. The number of rotatable bonds is 2. The Hall–Kier alpha value is -2.20. The van der Waals surface area contributed by atoms with E-state index in [1.165, 1.54) is 6.07 Å². The van der Waals surface area contributed by atoms with Gasteiger partial charge in [-0.05, 0) is 36.1 Å². The molecule has 1 amide bonds. The molecule has 0 radical (unpaired) electrons. The van der Waals surface area contributed by atoms with E-state index in [1.807, 2.05) is 12.1 Å². The maximum atomic E-state index is 13.8. The minimum absolute atomic E-state index is 0.0983. The van der Waals surface area contributed by atoms with Gasteiger partial charge in [0.05, 0.1) is 0 Å². The molecule has 1 atom stereocenters. The van der Waals surface area contributed by atoms with Crippen LogP contribution in [-0.2, 0) is 11.2 Å². The van der Waals surface area contributed by atoms with E-state index in [0.29, 0.717) is 12.0 Å². The van der Waals surface area contributed by atoms with Crippen molar-refractivity contribution in [2.45, 2.75) is 25.4 Å². The van der Waals surface area contributed by atoms with E-state index in [-0.39, 0.29) is 11.5 Å². The highest BCUT2D eigenvalue weighted by molar-refractivity contribution is 5.94. The number of hydrogen-bond acceptors (Lipinski definition) is 2. The summed E-state index contributed by atoms with van der Waals surface area (Å²) in [6.45, 7) is 0. The Balaban J connectivity index is 1.99. The highest BCUT2D eigenvalue weighted by Gasteiger charge is 2.21. The first-order valence-electron chi connectivity index (χ1n) is 7.40. The number of aryl methyl sites for hydroxylation is 1. The second kappa shape index (κ2) is 5.89. The fourth-order valence-electron chi connectivity index (χ4n) is 2.91. The first-order valence-corrected chi connectivity index (χ1v) is 7.40. The number of aliphatic hydroxyl groups excluding tert-OH is 1. The first kappa shape index (κ1) is 14.7. The van der Waals surface area contributed by atoms with Crippen LogP contribution in [0.15, 0.2) is 42.5 Å². The molecule has 0 aliphatic carbocycles. The predicted octanol–water partition coefficient (Wildman–Crippen LogP) is 3.21. The van der Waals surface area contributed by atoms with Crippen molar-refractivity contribution < 1.29 is 14.3 Å². The minimum atomic E-state index is -1.00. The minimum Gasteiger partial charge on any atom is -0.384 e. The number of carbonyl (C=O) groups excluding carboxylic acids is 1. The van der Waals surface area contributed by atoms with Gasteiger partial charge in [-0.3, -0.25) is 4.79 Å². The highest BCUT2D eigenvalue weighted by atomic mass is 19.1. The summed E-state index contributed by atoms with van der Waals surface area (Å²) in [5.74, 6) is -0.321. The van der Waals surface area contributed by atoms with Crippen LogP contribution in [0.2, 0.25) is 0 Å². The molecule has 1 unspecified atom stereocenters. The monoisotopic (exact) mass is 299 g/mol. The maximum absolute atomic E-state index is 13.8. The summed E-state index contributed by atoms with van der Waals surface area (Å²) in [6, 6.07) is 11.7. The maximum Gasteiger partial charge on any atom is 0.226 e. The van der Waals surface area contributed by atoms with Crippen molar-refractivity contribution in [3.63, 3.8) is 0 Å².